The highest BCUT2D eigenvalue weighted by Gasteiger charge is 2.21. The topological polar surface area (TPSA) is 52.5 Å². The van der Waals surface area contributed by atoms with Crippen molar-refractivity contribution in [2.24, 2.45) is 0 Å². The van der Waals surface area contributed by atoms with Crippen LogP contribution >= 0.6 is 23.2 Å². The van der Waals surface area contributed by atoms with Gasteiger partial charge in [-0.1, -0.05) is 29.3 Å². The van der Waals surface area contributed by atoms with Gasteiger partial charge in [-0.25, -0.2) is 0 Å². The first-order valence-corrected chi connectivity index (χ1v) is 7.56. The molecule has 0 heterocycles. The van der Waals surface area contributed by atoms with E-state index in [1.54, 1.807) is 24.3 Å². The van der Waals surface area contributed by atoms with Crippen molar-refractivity contribution in [2.45, 2.75) is 25.3 Å². The first-order chi connectivity index (χ1) is 10.0. The Morgan fingerprint density at radius 2 is 1.76 bits per heavy atom. The molecule has 0 amide bonds. The van der Waals surface area contributed by atoms with Crippen molar-refractivity contribution in [1.82, 2.24) is 0 Å². The van der Waals surface area contributed by atoms with Crippen LogP contribution in [0.2, 0.25) is 10.0 Å². The molecule has 5 heteroatoms. The second-order valence-corrected chi connectivity index (χ2v) is 6.08. The van der Waals surface area contributed by atoms with E-state index in [9.17, 15) is 10.2 Å². The summed E-state index contributed by atoms with van der Waals surface area (Å²) >= 11 is 11.9. The lowest BCUT2D eigenvalue weighted by Crippen LogP contribution is -2.17. The molecule has 21 heavy (non-hydrogen) atoms. The number of aryl methyl sites for hydroxylation is 1. The van der Waals surface area contributed by atoms with Gasteiger partial charge in [-0.15, -0.1) is 0 Å². The van der Waals surface area contributed by atoms with Gasteiger partial charge in [0, 0.05) is 5.69 Å². The number of halogens is 2. The van der Waals surface area contributed by atoms with Gasteiger partial charge in [0.05, 0.1) is 16.1 Å². The third-order valence-electron chi connectivity index (χ3n) is 3.80. The minimum absolute atomic E-state index is 0.0949. The number of hydrogen-bond donors (Lipinski definition) is 3. The standard InChI is InChI=1S/C16H15Cl2NO2/c17-13-6-10(7-14(18)16(13)21)19-15-3-1-2-9-4-5-11(20)8-12(9)15/h4-8,15,19-21H,1-3H2. The number of nitrogens with one attached hydrogen (secondary N) is 1. The van der Waals surface area contributed by atoms with Gasteiger partial charge in [-0.2, -0.15) is 0 Å². The summed E-state index contributed by atoms with van der Waals surface area (Å²) in [4.78, 5) is 0. The van der Waals surface area contributed by atoms with Crippen molar-refractivity contribution in [1.29, 1.82) is 0 Å². The third-order valence-corrected chi connectivity index (χ3v) is 4.38. The lowest BCUT2D eigenvalue weighted by molar-refractivity contribution is 0.471. The van der Waals surface area contributed by atoms with Crippen LogP contribution < -0.4 is 5.32 Å². The van der Waals surface area contributed by atoms with Crippen LogP contribution in [-0.4, -0.2) is 10.2 Å². The van der Waals surface area contributed by atoms with E-state index in [1.807, 2.05) is 6.07 Å². The fourth-order valence-corrected chi connectivity index (χ4v) is 3.27. The molecular formula is C16H15Cl2NO2. The van der Waals surface area contributed by atoms with Gasteiger partial charge in [0.2, 0.25) is 0 Å². The van der Waals surface area contributed by atoms with Crippen molar-refractivity contribution in [3.05, 3.63) is 51.5 Å². The molecule has 3 rings (SSSR count). The Morgan fingerprint density at radius 1 is 1.05 bits per heavy atom. The number of phenols is 2. The van der Waals surface area contributed by atoms with Crippen LogP contribution in [0, 0.1) is 0 Å². The number of benzene rings is 2. The van der Waals surface area contributed by atoms with E-state index in [-0.39, 0.29) is 27.6 Å². The minimum atomic E-state index is -0.106. The number of fused-ring (bicyclic) bond motifs is 1. The Kier molecular flexibility index (Phi) is 3.87. The summed E-state index contributed by atoms with van der Waals surface area (Å²) in [5.74, 6) is 0.162. The highest BCUT2D eigenvalue weighted by molar-refractivity contribution is 6.37. The van der Waals surface area contributed by atoms with Crippen molar-refractivity contribution in [2.75, 3.05) is 5.32 Å². The highest BCUT2D eigenvalue weighted by atomic mass is 35.5. The number of rotatable bonds is 2. The average Bonchev–Trinajstić information content (AvgIpc) is 2.45. The van der Waals surface area contributed by atoms with Crippen LogP contribution in [0.1, 0.15) is 30.0 Å². The van der Waals surface area contributed by atoms with Gasteiger partial charge >= 0.3 is 0 Å². The first-order valence-electron chi connectivity index (χ1n) is 6.81. The van der Waals surface area contributed by atoms with Crippen molar-refractivity contribution in [3.8, 4) is 11.5 Å². The molecule has 1 aliphatic carbocycles. The SMILES string of the molecule is Oc1ccc2c(c1)C(Nc1cc(Cl)c(O)c(Cl)c1)CCC2. The summed E-state index contributed by atoms with van der Waals surface area (Å²) in [6, 6.07) is 8.89. The van der Waals surface area contributed by atoms with E-state index < -0.39 is 0 Å². The molecule has 0 saturated heterocycles. The van der Waals surface area contributed by atoms with E-state index >= 15 is 0 Å². The second kappa shape index (κ2) is 5.66. The molecule has 0 fully saturated rings. The predicted molar refractivity (Wildman–Crippen MR) is 85.5 cm³/mol. The van der Waals surface area contributed by atoms with Gasteiger partial charge in [-0.05, 0) is 54.7 Å². The first kappa shape index (κ1) is 14.4. The fourth-order valence-electron chi connectivity index (χ4n) is 2.79. The van der Waals surface area contributed by atoms with Gasteiger partial charge in [-0.3, -0.25) is 0 Å². The summed E-state index contributed by atoms with van der Waals surface area (Å²) in [6.45, 7) is 0. The summed E-state index contributed by atoms with van der Waals surface area (Å²) in [5, 5.41) is 23.1. The zero-order chi connectivity index (χ0) is 15.0. The van der Waals surface area contributed by atoms with E-state index in [1.165, 1.54) is 5.56 Å². The Balaban J connectivity index is 1.92. The maximum atomic E-state index is 9.69. The molecule has 110 valence electrons. The van der Waals surface area contributed by atoms with E-state index in [4.69, 9.17) is 23.2 Å². The number of hydrogen-bond acceptors (Lipinski definition) is 3. The Morgan fingerprint density at radius 3 is 2.48 bits per heavy atom. The predicted octanol–water partition coefficient (Wildman–Crippen LogP) is 4.89. The van der Waals surface area contributed by atoms with Crippen LogP contribution in [0.5, 0.6) is 11.5 Å². The zero-order valence-corrected chi connectivity index (χ0v) is 12.7. The molecule has 1 atom stereocenters. The molecule has 0 saturated carbocycles. The molecular weight excluding hydrogens is 309 g/mol. The molecule has 0 spiro atoms. The minimum Gasteiger partial charge on any atom is -0.508 e. The third kappa shape index (κ3) is 2.89. The van der Waals surface area contributed by atoms with Crippen molar-refractivity contribution in [3.63, 3.8) is 0 Å². The van der Waals surface area contributed by atoms with Crippen LogP contribution in [0.25, 0.3) is 0 Å². The zero-order valence-electron chi connectivity index (χ0n) is 11.2. The summed E-state index contributed by atoms with van der Waals surface area (Å²) < 4.78 is 0. The molecule has 2 aromatic rings. The molecule has 3 nitrogen and oxygen atoms in total. The van der Waals surface area contributed by atoms with Gasteiger partial charge in [0.1, 0.15) is 5.75 Å². The Bertz CT molecular complexity index is 665. The molecule has 0 aliphatic heterocycles. The molecule has 0 aromatic heterocycles. The smallest absolute Gasteiger partial charge is 0.152 e. The van der Waals surface area contributed by atoms with Crippen molar-refractivity contribution < 1.29 is 10.2 Å². The Labute approximate surface area is 133 Å². The van der Waals surface area contributed by atoms with Crippen LogP contribution in [0.3, 0.4) is 0 Å². The van der Waals surface area contributed by atoms with Gasteiger partial charge in [0.25, 0.3) is 0 Å². The lowest BCUT2D eigenvalue weighted by atomic mass is 9.87. The monoisotopic (exact) mass is 323 g/mol. The normalized spacial score (nSPS) is 17.3. The number of aromatic hydroxyl groups is 2. The molecule has 1 aliphatic rings. The van der Waals surface area contributed by atoms with Crippen molar-refractivity contribution >= 4 is 28.9 Å². The summed E-state index contributed by atoms with van der Waals surface area (Å²) in [5.41, 5.74) is 3.10. The molecule has 0 radical (unpaired) electrons. The molecule has 2 aromatic carbocycles. The quantitative estimate of drug-likeness (QED) is 0.689. The van der Waals surface area contributed by atoms with Crippen LogP contribution in [0.4, 0.5) is 5.69 Å². The molecule has 3 N–H and O–H groups in total. The van der Waals surface area contributed by atoms with Gasteiger partial charge in [0.15, 0.2) is 5.75 Å². The maximum Gasteiger partial charge on any atom is 0.152 e. The highest BCUT2D eigenvalue weighted by Crippen LogP contribution is 2.38. The largest absolute Gasteiger partial charge is 0.508 e. The van der Waals surface area contributed by atoms with Crippen LogP contribution in [0.15, 0.2) is 30.3 Å². The molecule has 0 bridgehead atoms. The summed E-state index contributed by atoms with van der Waals surface area (Å²) in [6.07, 6.45) is 3.06. The van der Waals surface area contributed by atoms with Crippen LogP contribution in [-0.2, 0) is 6.42 Å². The second-order valence-electron chi connectivity index (χ2n) is 5.26. The van der Waals surface area contributed by atoms with E-state index in [0.29, 0.717) is 0 Å². The average molecular weight is 324 g/mol. The summed E-state index contributed by atoms with van der Waals surface area (Å²) in [7, 11) is 0. The van der Waals surface area contributed by atoms with Gasteiger partial charge < -0.3 is 15.5 Å². The lowest BCUT2D eigenvalue weighted by Gasteiger charge is -2.27. The van der Waals surface area contributed by atoms with E-state index in [2.05, 4.69) is 5.32 Å². The number of phenolic OH excluding ortho intramolecular Hbond substituents is 2. The number of anilines is 1. The Hall–Kier alpha value is -1.58. The maximum absolute atomic E-state index is 9.69. The molecule has 1 unspecified atom stereocenters. The fraction of sp³-hybridized carbons (Fsp3) is 0.250. The van der Waals surface area contributed by atoms with E-state index in [0.717, 1.165) is 30.5 Å².